The van der Waals surface area contributed by atoms with Crippen molar-refractivity contribution in [1.29, 1.82) is 0 Å². The molecule has 4 rings (SSSR count). The molecule has 0 bridgehead atoms. The van der Waals surface area contributed by atoms with Gasteiger partial charge >= 0.3 is 0 Å². The van der Waals surface area contributed by atoms with E-state index >= 15 is 0 Å². The summed E-state index contributed by atoms with van der Waals surface area (Å²) < 4.78 is 5.51. The van der Waals surface area contributed by atoms with E-state index in [1.807, 2.05) is 36.6 Å². The number of piperazine rings is 1. The van der Waals surface area contributed by atoms with Crippen LogP contribution in [0.15, 0.2) is 22.9 Å². The molecule has 0 aliphatic carbocycles. The Morgan fingerprint density at radius 3 is 2.19 bits per heavy atom. The Morgan fingerprint density at radius 2 is 1.59 bits per heavy atom. The highest BCUT2D eigenvalue weighted by Gasteiger charge is 2.25. The van der Waals surface area contributed by atoms with Crippen LogP contribution in [0.4, 0.5) is 11.6 Å². The van der Waals surface area contributed by atoms with Crippen molar-refractivity contribution in [2.75, 3.05) is 60.6 Å². The molecule has 2 aromatic rings. The first kappa shape index (κ1) is 18.2. The molecule has 144 valence electrons. The molecule has 27 heavy (non-hydrogen) atoms. The number of hydrogen-bond donors (Lipinski definition) is 0. The quantitative estimate of drug-likeness (QED) is 0.800. The van der Waals surface area contributed by atoms with Gasteiger partial charge in [0.1, 0.15) is 29.5 Å². The SMILES string of the molecule is Cc1cc(C(=O)N2CCN(c3cc(N4CCSCC4)ncn3)CC2)c(C)o1. The largest absolute Gasteiger partial charge is 0.466 e. The Hall–Kier alpha value is -2.22. The summed E-state index contributed by atoms with van der Waals surface area (Å²) in [4.78, 5) is 28.1. The number of carbonyl (C=O) groups excluding carboxylic acids is 1. The maximum atomic E-state index is 12.8. The van der Waals surface area contributed by atoms with Crippen molar-refractivity contribution in [2.45, 2.75) is 13.8 Å². The minimum Gasteiger partial charge on any atom is -0.466 e. The highest BCUT2D eigenvalue weighted by Crippen LogP contribution is 2.23. The second-order valence-corrected chi connectivity index (χ2v) is 8.16. The van der Waals surface area contributed by atoms with Gasteiger partial charge in [-0.15, -0.1) is 0 Å². The molecular weight excluding hydrogens is 362 g/mol. The van der Waals surface area contributed by atoms with E-state index in [2.05, 4.69) is 25.8 Å². The topological polar surface area (TPSA) is 65.7 Å². The van der Waals surface area contributed by atoms with Gasteiger partial charge in [0.2, 0.25) is 0 Å². The predicted octanol–water partition coefficient (Wildman–Crippen LogP) is 2.20. The molecule has 0 N–H and O–H groups in total. The molecule has 2 aromatic heterocycles. The molecule has 0 aromatic carbocycles. The second-order valence-electron chi connectivity index (χ2n) is 6.94. The highest BCUT2D eigenvalue weighted by atomic mass is 32.2. The van der Waals surface area contributed by atoms with Gasteiger partial charge in [-0.25, -0.2) is 9.97 Å². The molecule has 0 unspecified atom stereocenters. The maximum Gasteiger partial charge on any atom is 0.257 e. The lowest BCUT2D eigenvalue weighted by Gasteiger charge is -2.36. The lowest BCUT2D eigenvalue weighted by molar-refractivity contribution is 0.0744. The third-order valence-corrected chi connectivity index (χ3v) is 6.08. The van der Waals surface area contributed by atoms with Crippen LogP contribution >= 0.6 is 11.8 Å². The zero-order valence-corrected chi connectivity index (χ0v) is 16.7. The second kappa shape index (κ2) is 7.80. The number of thioether (sulfide) groups is 1. The highest BCUT2D eigenvalue weighted by molar-refractivity contribution is 7.99. The van der Waals surface area contributed by atoms with Gasteiger partial charge in [-0.3, -0.25) is 4.79 Å². The van der Waals surface area contributed by atoms with E-state index < -0.39 is 0 Å². The maximum absolute atomic E-state index is 12.8. The summed E-state index contributed by atoms with van der Waals surface area (Å²) in [5, 5.41) is 0. The number of amides is 1. The molecule has 4 heterocycles. The van der Waals surface area contributed by atoms with Crippen LogP contribution in [0.3, 0.4) is 0 Å². The normalized spacial score (nSPS) is 18.1. The molecule has 0 saturated carbocycles. The van der Waals surface area contributed by atoms with E-state index in [4.69, 9.17) is 4.42 Å². The molecule has 0 atom stereocenters. The summed E-state index contributed by atoms with van der Waals surface area (Å²) in [7, 11) is 0. The molecule has 1 amide bonds. The van der Waals surface area contributed by atoms with Crippen LogP contribution in [0.25, 0.3) is 0 Å². The average Bonchev–Trinajstić information content (AvgIpc) is 3.06. The van der Waals surface area contributed by atoms with Crippen molar-refractivity contribution < 1.29 is 9.21 Å². The Bertz CT molecular complexity index is 810. The zero-order chi connectivity index (χ0) is 18.8. The number of nitrogens with zero attached hydrogens (tertiary/aromatic N) is 5. The fraction of sp³-hybridized carbons (Fsp3) is 0.526. The number of aromatic nitrogens is 2. The molecule has 7 nitrogen and oxygen atoms in total. The van der Waals surface area contributed by atoms with Crippen molar-refractivity contribution in [3.63, 3.8) is 0 Å². The fourth-order valence-corrected chi connectivity index (χ4v) is 4.53. The lowest BCUT2D eigenvalue weighted by Crippen LogP contribution is -2.49. The van der Waals surface area contributed by atoms with Crippen molar-refractivity contribution in [2.24, 2.45) is 0 Å². The number of anilines is 2. The zero-order valence-electron chi connectivity index (χ0n) is 15.8. The summed E-state index contributed by atoms with van der Waals surface area (Å²) in [6.07, 6.45) is 1.65. The first-order chi connectivity index (χ1) is 13.1. The van der Waals surface area contributed by atoms with E-state index in [1.54, 1.807) is 6.33 Å². The van der Waals surface area contributed by atoms with Gasteiger partial charge in [-0.05, 0) is 19.9 Å². The standard InChI is InChI=1S/C19H25N5O2S/c1-14-11-16(15(2)26-14)19(25)24-5-3-22(4-6-24)17-12-18(21-13-20-17)23-7-9-27-10-8-23/h11-13H,3-10H2,1-2H3. The van der Waals surface area contributed by atoms with Crippen LogP contribution in [0, 0.1) is 13.8 Å². The predicted molar refractivity (Wildman–Crippen MR) is 108 cm³/mol. The molecule has 8 heteroatoms. The van der Waals surface area contributed by atoms with Gasteiger partial charge in [-0.1, -0.05) is 0 Å². The van der Waals surface area contributed by atoms with Crippen LogP contribution in [-0.2, 0) is 0 Å². The summed E-state index contributed by atoms with van der Waals surface area (Å²) in [6.45, 7) is 8.69. The average molecular weight is 388 g/mol. The van der Waals surface area contributed by atoms with Gasteiger partial charge in [0.05, 0.1) is 5.56 Å². The third kappa shape index (κ3) is 3.90. The van der Waals surface area contributed by atoms with Gasteiger partial charge < -0.3 is 19.1 Å². The molecule has 2 aliphatic rings. The van der Waals surface area contributed by atoms with Crippen LogP contribution < -0.4 is 9.80 Å². The van der Waals surface area contributed by atoms with Crippen molar-refractivity contribution in [3.8, 4) is 0 Å². The van der Waals surface area contributed by atoms with E-state index in [0.29, 0.717) is 24.4 Å². The van der Waals surface area contributed by atoms with Gasteiger partial charge in [0.15, 0.2) is 0 Å². The number of carbonyl (C=O) groups is 1. The minimum atomic E-state index is 0.0539. The number of rotatable bonds is 3. The summed E-state index contributed by atoms with van der Waals surface area (Å²) >= 11 is 1.99. The van der Waals surface area contributed by atoms with Crippen molar-refractivity contribution >= 4 is 29.3 Å². The Morgan fingerprint density at radius 1 is 0.963 bits per heavy atom. The number of furan rings is 1. The first-order valence-electron chi connectivity index (χ1n) is 9.38. The van der Waals surface area contributed by atoms with Crippen LogP contribution in [-0.4, -0.2) is 71.5 Å². The Labute approximate surface area is 163 Å². The smallest absolute Gasteiger partial charge is 0.257 e. The van der Waals surface area contributed by atoms with E-state index in [0.717, 1.165) is 55.1 Å². The third-order valence-electron chi connectivity index (χ3n) is 5.14. The van der Waals surface area contributed by atoms with E-state index in [-0.39, 0.29) is 5.91 Å². The van der Waals surface area contributed by atoms with Crippen LogP contribution in [0.2, 0.25) is 0 Å². The minimum absolute atomic E-state index is 0.0539. The van der Waals surface area contributed by atoms with E-state index in [9.17, 15) is 4.79 Å². The fourth-order valence-electron chi connectivity index (χ4n) is 3.63. The molecule has 2 aliphatic heterocycles. The molecular formula is C19H25N5O2S. The summed E-state index contributed by atoms with van der Waals surface area (Å²) in [6, 6.07) is 3.91. The molecule has 0 spiro atoms. The number of hydrogen-bond acceptors (Lipinski definition) is 7. The lowest BCUT2D eigenvalue weighted by atomic mass is 10.2. The Balaban J connectivity index is 1.40. The Kier molecular flexibility index (Phi) is 5.24. The molecule has 2 fully saturated rings. The van der Waals surface area contributed by atoms with Crippen molar-refractivity contribution in [3.05, 3.63) is 35.5 Å². The first-order valence-corrected chi connectivity index (χ1v) is 10.5. The molecule has 0 radical (unpaired) electrons. The monoisotopic (exact) mass is 387 g/mol. The summed E-state index contributed by atoms with van der Waals surface area (Å²) in [5.41, 5.74) is 0.674. The van der Waals surface area contributed by atoms with Gasteiger partial charge in [-0.2, -0.15) is 11.8 Å². The van der Waals surface area contributed by atoms with Crippen LogP contribution in [0.5, 0.6) is 0 Å². The number of aryl methyl sites for hydroxylation is 2. The van der Waals surface area contributed by atoms with Gasteiger partial charge in [0.25, 0.3) is 5.91 Å². The van der Waals surface area contributed by atoms with E-state index in [1.165, 1.54) is 0 Å². The van der Waals surface area contributed by atoms with Crippen molar-refractivity contribution in [1.82, 2.24) is 14.9 Å². The van der Waals surface area contributed by atoms with Crippen LogP contribution in [0.1, 0.15) is 21.9 Å². The molecule has 2 saturated heterocycles. The summed E-state index contributed by atoms with van der Waals surface area (Å²) in [5.74, 6) is 5.77. The van der Waals surface area contributed by atoms with Gasteiger partial charge in [0, 0.05) is 56.8 Å².